The number of hydrogen-bond acceptors (Lipinski definition) is 3. The van der Waals surface area contributed by atoms with Crippen LogP contribution in [-0.2, 0) is 6.54 Å². The average Bonchev–Trinajstić information content (AvgIpc) is 2.38. The largest absolute Gasteiger partial charge is 0.435 e. The maximum Gasteiger partial charge on any atom is 0.387 e. The number of nitrogens with one attached hydrogen (secondary N) is 1. The van der Waals surface area contributed by atoms with E-state index in [4.69, 9.17) is 5.11 Å². The van der Waals surface area contributed by atoms with Crippen molar-refractivity contribution in [1.29, 1.82) is 0 Å². The van der Waals surface area contributed by atoms with Gasteiger partial charge in [-0.15, -0.1) is 0 Å². The lowest BCUT2D eigenvalue weighted by Crippen LogP contribution is -2.42. The predicted octanol–water partition coefficient (Wildman–Crippen LogP) is 2.93. The van der Waals surface area contributed by atoms with Crippen LogP contribution in [0.15, 0.2) is 24.3 Å². The fourth-order valence-corrected chi connectivity index (χ4v) is 1.74. The molecule has 0 spiro atoms. The lowest BCUT2D eigenvalue weighted by molar-refractivity contribution is -0.0498. The standard InChI is InChI=1S/C14H21F2NO2/c1-3-14(2,8-9-18)17-10-11-4-6-12(7-5-11)19-13(15)16/h4-7,13,17-18H,3,8-10H2,1-2H3. The van der Waals surface area contributed by atoms with Gasteiger partial charge >= 0.3 is 6.61 Å². The Morgan fingerprint density at radius 3 is 2.42 bits per heavy atom. The number of aliphatic hydroxyl groups excluding tert-OH is 1. The molecular weight excluding hydrogens is 252 g/mol. The summed E-state index contributed by atoms with van der Waals surface area (Å²) >= 11 is 0. The van der Waals surface area contributed by atoms with Gasteiger partial charge in [0.05, 0.1) is 0 Å². The minimum atomic E-state index is -2.79. The van der Waals surface area contributed by atoms with Crippen LogP contribution in [0.4, 0.5) is 8.78 Å². The van der Waals surface area contributed by atoms with Crippen molar-refractivity contribution in [3.05, 3.63) is 29.8 Å². The first-order chi connectivity index (χ1) is 8.99. The highest BCUT2D eigenvalue weighted by molar-refractivity contribution is 5.27. The molecule has 0 bridgehead atoms. The Bertz CT molecular complexity index is 370. The van der Waals surface area contributed by atoms with Crippen molar-refractivity contribution in [2.75, 3.05) is 6.61 Å². The highest BCUT2D eigenvalue weighted by Gasteiger charge is 2.20. The number of halogens is 2. The first-order valence-electron chi connectivity index (χ1n) is 6.39. The van der Waals surface area contributed by atoms with Crippen molar-refractivity contribution < 1.29 is 18.6 Å². The van der Waals surface area contributed by atoms with Crippen molar-refractivity contribution in [3.8, 4) is 5.75 Å². The molecule has 0 heterocycles. The SMILES string of the molecule is CCC(C)(CCO)NCc1ccc(OC(F)F)cc1. The van der Waals surface area contributed by atoms with Crippen molar-refractivity contribution in [2.45, 2.75) is 45.4 Å². The molecule has 1 unspecified atom stereocenters. The molecule has 108 valence electrons. The zero-order valence-electron chi connectivity index (χ0n) is 11.3. The van der Waals surface area contributed by atoms with E-state index in [1.807, 2.05) is 0 Å². The van der Waals surface area contributed by atoms with Gasteiger partial charge in [-0.3, -0.25) is 0 Å². The van der Waals surface area contributed by atoms with Gasteiger partial charge in [0.25, 0.3) is 0 Å². The molecule has 0 aromatic heterocycles. The second-order valence-corrected chi connectivity index (χ2v) is 4.76. The van der Waals surface area contributed by atoms with E-state index in [1.165, 1.54) is 12.1 Å². The Kier molecular flexibility index (Phi) is 6.18. The van der Waals surface area contributed by atoms with E-state index in [-0.39, 0.29) is 17.9 Å². The fourth-order valence-electron chi connectivity index (χ4n) is 1.74. The summed E-state index contributed by atoms with van der Waals surface area (Å²) in [6, 6.07) is 6.55. The van der Waals surface area contributed by atoms with E-state index < -0.39 is 6.61 Å². The van der Waals surface area contributed by atoms with Gasteiger partial charge in [-0.25, -0.2) is 0 Å². The Hall–Kier alpha value is -1.20. The van der Waals surface area contributed by atoms with Crippen molar-refractivity contribution in [2.24, 2.45) is 0 Å². The zero-order chi connectivity index (χ0) is 14.3. The summed E-state index contributed by atoms with van der Waals surface area (Å²) in [5, 5.41) is 12.4. The molecule has 1 aromatic carbocycles. The van der Waals surface area contributed by atoms with Gasteiger partial charge in [-0.1, -0.05) is 19.1 Å². The van der Waals surface area contributed by atoms with E-state index in [0.717, 1.165) is 12.0 Å². The number of ether oxygens (including phenoxy) is 1. The molecule has 0 saturated heterocycles. The van der Waals surface area contributed by atoms with Gasteiger partial charge in [-0.05, 0) is 37.5 Å². The highest BCUT2D eigenvalue weighted by Crippen LogP contribution is 2.17. The van der Waals surface area contributed by atoms with Crippen molar-refractivity contribution in [1.82, 2.24) is 5.32 Å². The summed E-state index contributed by atoms with van der Waals surface area (Å²) in [6.07, 6.45) is 1.58. The highest BCUT2D eigenvalue weighted by atomic mass is 19.3. The van der Waals surface area contributed by atoms with E-state index in [1.54, 1.807) is 12.1 Å². The molecule has 0 aliphatic heterocycles. The first kappa shape index (κ1) is 15.9. The lowest BCUT2D eigenvalue weighted by atomic mass is 9.94. The van der Waals surface area contributed by atoms with Crippen LogP contribution >= 0.6 is 0 Å². The van der Waals surface area contributed by atoms with E-state index >= 15 is 0 Å². The third-order valence-electron chi connectivity index (χ3n) is 3.31. The summed E-state index contributed by atoms with van der Waals surface area (Å²) in [4.78, 5) is 0. The van der Waals surface area contributed by atoms with Crippen LogP contribution < -0.4 is 10.1 Å². The second-order valence-electron chi connectivity index (χ2n) is 4.76. The quantitative estimate of drug-likeness (QED) is 0.765. The van der Waals surface area contributed by atoms with Crippen LogP contribution in [0.25, 0.3) is 0 Å². The molecule has 0 saturated carbocycles. The normalized spacial score (nSPS) is 14.4. The molecule has 0 aliphatic carbocycles. The molecule has 1 atom stereocenters. The third kappa shape index (κ3) is 5.53. The Balaban J connectivity index is 2.53. The molecule has 0 radical (unpaired) electrons. The maximum atomic E-state index is 12.0. The Labute approximate surface area is 112 Å². The topological polar surface area (TPSA) is 41.5 Å². The van der Waals surface area contributed by atoms with Crippen LogP contribution in [0, 0.1) is 0 Å². The summed E-state index contributed by atoms with van der Waals surface area (Å²) in [6.45, 7) is 2.08. The minimum absolute atomic E-state index is 0.118. The molecule has 0 fully saturated rings. The van der Waals surface area contributed by atoms with Gasteiger partial charge in [0, 0.05) is 18.7 Å². The second kappa shape index (κ2) is 7.40. The molecular formula is C14H21F2NO2. The number of hydrogen-bond donors (Lipinski definition) is 2. The Morgan fingerprint density at radius 2 is 1.95 bits per heavy atom. The molecule has 3 nitrogen and oxygen atoms in total. The molecule has 1 aromatic rings. The number of benzene rings is 1. The minimum Gasteiger partial charge on any atom is -0.435 e. The van der Waals surface area contributed by atoms with Gasteiger partial charge in [0.15, 0.2) is 0 Å². The molecule has 0 amide bonds. The number of aliphatic hydroxyl groups is 1. The lowest BCUT2D eigenvalue weighted by Gasteiger charge is -2.29. The number of alkyl halides is 2. The van der Waals surface area contributed by atoms with Crippen LogP contribution in [0.3, 0.4) is 0 Å². The van der Waals surface area contributed by atoms with E-state index in [0.29, 0.717) is 13.0 Å². The smallest absolute Gasteiger partial charge is 0.387 e. The zero-order valence-corrected chi connectivity index (χ0v) is 11.3. The van der Waals surface area contributed by atoms with Gasteiger partial charge < -0.3 is 15.2 Å². The summed E-state index contributed by atoms with van der Waals surface area (Å²) < 4.78 is 28.3. The van der Waals surface area contributed by atoms with Gasteiger partial charge in [-0.2, -0.15) is 8.78 Å². The Morgan fingerprint density at radius 1 is 1.32 bits per heavy atom. The van der Waals surface area contributed by atoms with Crippen LogP contribution in [0.5, 0.6) is 5.75 Å². The molecule has 1 rings (SSSR count). The summed E-state index contributed by atoms with van der Waals surface area (Å²) in [5.41, 5.74) is 0.867. The number of rotatable bonds is 8. The van der Waals surface area contributed by atoms with Crippen LogP contribution in [0.1, 0.15) is 32.3 Å². The molecule has 0 aliphatic rings. The molecule has 2 N–H and O–H groups in total. The van der Waals surface area contributed by atoms with E-state index in [2.05, 4.69) is 23.9 Å². The van der Waals surface area contributed by atoms with Crippen LogP contribution in [-0.4, -0.2) is 23.9 Å². The van der Waals surface area contributed by atoms with Crippen LogP contribution in [0.2, 0.25) is 0 Å². The van der Waals surface area contributed by atoms with Gasteiger partial charge in [0.2, 0.25) is 0 Å². The van der Waals surface area contributed by atoms with E-state index in [9.17, 15) is 8.78 Å². The maximum absolute atomic E-state index is 12.0. The first-order valence-corrected chi connectivity index (χ1v) is 6.39. The predicted molar refractivity (Wildman–Crippen MR) is 70.3 cm³/mol. The molecule has 19 heavy (non-hydrogen) atoms. The fraction of sp³-hybridized carbons (Fsp3) is 0.571. The molecule has 5 heteroatoms. The van der Waals surface area contributed by atoms with Crippen molar-refractivity contribution >= 4 is 0 Å². The average molecular weight is 273 g/mol. The monoisotopic (exact) mass is 273 g/mol. The third-order valence-corrected chi connectivity index (χ3v) is 3.31. The van der Waals surface area contributed by atoms with Gasteiger partial charge in [0.1, 0.15) is 5.75 Å². The van der Waals surface area contributed by atoms with Crippen molar-refractivity contribution in [3.63, 3.8) is 0 Å². The summed E-state index contributed by atoms with van der Waals surface area (Å²) in [5.74, 6) is 0.160. The summed E-state index contributed by atoms with van der Waals surface area (Å²) in [7, 11) is 0.